The molecule has 0 atom stereocenters. The van der Waals surface area contributed by atoms with Crippen LogP contribution in [-0.2, 0) is 0 Å². The van der Waals surface area contributed by atoms with Gasteiger partial charge in [0.2, 0.25) is 5.88 Å². The van der Waals surface area contributed by atoms with Crippen LogP contribution < -0.4 is 15.8 Å². The average molecular weight is 243 g/mol. The minimum absolute atomic E-state index is 0.539. The summed E-state index contributed by atoms with van der Waals surface area (Å²) in [6.07, 6.45) is 0. The number of benzene rings is 1. The van der Waals surface area contributed by atoms with Crippen LogP contribution in [0.2, 0.25) is 0 Å². The Balaban J connectivity index is 2.36. The molecule has 0 aliphatic carbocycles. The maximum Gasteiger partial charge on any atom is 0.215 e. The Bertz CT molecular complexity index is 567. The van der Waals surface area contributed by atoms with Gasteiger partial charge in [0.1, 0.15) is 0 Å². The van der Waals surface area contributed by atoms with Crippen LogP contribution in [0.4, 0.5) is 17.2 Å². The van der Waals surface area contributed by atoms with E-state index in [-0.39, 0.29) is 0 Å². The molecule has 0 unspecified atom stereocenters. The molecule has 94 valence electrons. The van der Waals surface area contributed by atoms with Crippen molar-refractivity contribution in [2.24, 2.45) is 0 Å². The van der Waals surface area contributed by atoms with Crippen molar-refractivity contribution in [1.82, 2.24) is 4.98 Å². The number of anilines is 3. The summed E-state index contributed by atoms with van der Waals surface area (Å²) >= 11 is 0. The fourth-order valence-corrected chi connectivity index (χ4v) is 1.68. The van der Waals surface area contributed by atoms with Crippen molar-refractivity contribution < 1.29 is 4.74 Å². The molecule has 0 aliphatic heterocycles. The first-order chi connectivity index (χ1) is 8.61. The van der Waals surface area contributed by atoms with Crippen molar-refractivity contribution in [2.45, 2.75) is 13.8 Å². The van der Waals surface area contributed by atoms with E-state index in [1.165, 1.54) is 11.1 Å². The van der Waals surface area contributed by atoms with Gasteiger partial charge in [-0.05, 0) is 37.1 Å². The van der Waals surface area contributed by atoms with Gasteiger partial charge in [0.15, 0.2) is 5.82 Å². The number of nitrogens with one attached hydrogen (secondary N) is 1. The Morgan fingerprint density at radius 3 is 2.67 bits per heavy atom. The minimum atomic E-state index is 0.539. The summed E-state index contributed by atoms with van der Waals surface area (Å²) < 4.78 is 5.09. The third kappa shape index (κ3) is 2.37. The van der Waals surface area contributed by atoms with Gasteiger partial charge in [-0.3, -0.25) is 0 Å². The van der Waals surface area contributed by atoms with Crippen molar-refractivity contribution in [3.05, 3.63) is 41.5 Å². The van der Waals surface area contributed by atoms with E-state index in [1.807, 2.05) is 12.1 Å². The van der Waals surface area contributed by atoms with Gasteiger partial charge >= 0.3 is 0 Å². The highest BCUT2D eigenvalue weighted by Gasteiger charge is 2.06. The van der Waals surface area contributed by atoms with Gasteiger partial charge in [-0.15, -0.1) is 0 Å². The highest BCUT2D eigenvalue weighted by molar-refractivity contribution is 5.71. The first-order valence-corrected chi connectivity index (χ1v) is 5.75. The van der Waals surface area contributed by atoms with Gasteiger partial charge in [0, 0.05) is 11.8 Å². The molecule has 4 heteroatoms. The second-order valence-electron chi connectivity index (χ2n) is 4.16. The molecule has 0 aliphatic rings. The zero-order valence-corrected chi connectivity index (χ0v) is 10.8. The van der Waals surface area contributed by atoms with E-state index in [1.54, 1.807) is 19.2 Å². The lowest BCUT2D eigenvalue weighted by atomic mass is 10.1. The molecule has 0 saturated carbocycles. The molecule has 2 aromatic rings. The highest BCUT2D eigenvalue weighted by Crippen LogP contribution is 2.26. The number of nitrogens with zero attached hydrogens (tertiary/aromatic N) is 1. The predicted molar refractivity (Wildman–Crippen MR) is 74.4 cm³/mol. The molecule has 1 heterocycles. The molecule has 1 aromatic heterocycles. The van der Waals surface area contributed by atoms with E-state index in [0.29, 0.717) is 17.4 Å². The Morgan fingerprint density at radius 1 is 1.17 bits per heavy atom. The normalized spacial score (nSPS) is 10.2. The number of aryl methyl sites for hydroxylation is 1. The molecule has 0 saturated heterocycles. The molecule has 0 spiro atoms. The van der Waals surface area contributed by atoms with Crippen LogP contribution in [0.3, 0.4) is 0 Å². The molecule has 3 N–H and O–H groups in total. The van der Waals surface area contributed by atoms with E-state index in [2.05, 4.69) is 30.2 Å². The Hall–Kier alpha value is -2.23. The maximum absolute atomic E-state index is 5.90. The third-order valence-corrected chi connectivity index (χ3v) is 2.97. The van der Waals surface area contributed by atoms with Gasteiger partial charge in [-0.1, -0.05) is 12.1 Å². The summed E-state index contributed by atoms with van der Waals surface area (Å²) in [6.45, 7) is 4.14. The van der Waals surface area contributed by atoms with E-state index >= 15 is 0 Å². The molecule has 0 fully saturated rings. The zero-order chi connectivity index (χ0) is 13.1. The fraction of sp³-hybridized carbons (Fsp3) is 0.214. The minimum Gasteiger partial charge on any atom is -0.481 e. The van der Waals surface area contributed by atoms with Crippen molar-refractivity contribution in [1.29, 1.82) is 0 Å². The first-order valence-electron chi connectivity index (χ1n) is 5.75. The lowest BCUT2D eigenvalue weighted by Gasteiger charge is -2.13. The lowest BCUT2D eigenvalue weighted by molar-refractivity contribution is 0.398. The molecule has 2 rings (SSSR count). The van der Waals surface area contributed by atoms with Gasteiger partial charge in [-0.25, -0.2) is 0 Å². The smallest absolute Gasteiger partial charge is 0.215 e. The largest absolute Gasteiger partial charge is 0.481 e. The fourth-order valence-electron chi connectivity index (χ4n) is 1.68. The van der Waals surface area contributed by atoms with Crippen molar-refractivity contribution in [3.63, 3.8) is 0 Å². The van der Waals surface area contributed by atoms with E-state index in [9.17, 15) is 0 Å². The Labute approximate surface area is 107 Å². The van der Waals surface area contributed by atoms with Gasteiger partial charge in [0.25, 0.3) is 0 Å². The molecule has 0 bridgehead atoms. The van der Waals surface area contributed by atoms with Gasteiger partial charge < -0.3 is 15.8 Å². The number of aromatic nitrogens is 1. The maximum atomic E-state index is 5.90. The number of methoxy groups -OCH3 is 1. The molecule has 1 aromatic carbocycles. The molecule has 18 heavy (non-hydrogen) atoms. The van der Waals surface area contributed by atoms with Crippen LogP contribution in [0, 0.1) is 13.8 Å². The summed E-state index contributed by atoms with van der Waals surface area (Å²) in [5, 5.41) is 3.24. The Morgan fingerprint density at radius 2 is 1.94 bits per heavy atom. The highest BCUT2D eigenvalue weighted by atomic mass is 16.5. The molecule has 4 nitrogen and oxygen atoms in total. The second-order valence-corrected chi connectivity index (χ2v) is 4.16. The zero-order valence-electron chi connectivity index (χ0n) is 10.8. The predicted octanol–water partition coefficient (Wildman–Crippen LogP) is 3.03. The number of pyridine rings is 1. The van der Waals surface area contributed by atoms with Gasteiger partial charge in [0.05, 0.1) is 12.8 Å². The number of hydrogen-bond donors (Lipinski definition) is 2. The van der Waals surface area contributed by atoms with Crippen molar-refractivity contribution >= 4 is 17.2 Å². The van der Waals surface area contributed by atoms with Crippen LogP contribution in [-0.4, -0.2) is 12.1 Å². The number of nitrogen functional groups attached to an aromatic ring is 1. The number of nitrogens with two attached hydrogens (primary N) is 1. The second kappa shape index (κ2) is 4.96. The first kappa shape index (κ1) is 12.2. The molecular weight excluding hydrogens is 226 g/mol. The van der Waals surface area contributed by atoms with Crippen molar-refractivity contribution in [3.8, 4) is 5.88 Å². The van der Waals surface area contributed by atoms with Crippen LogP contribution in [0.1, 0.15) is 11.1 Å². The number of hydrogen-bond acceptors (Lipinski definition) is 4. The van der Waals surface area contributed by atoms with Crippen molar-refractivity contribution in [2.75, 3.05) is 18.2 Å². The Kier molecular flexibility index (Phi) is 3.37. The standard InChI is InChI=1S/C14H17N3O/c1-9-5-4-6-12(10(9)2)16-14-11(15)7-8-13(17-14)18-3/h4-8H,15H2,1-3H3,(H,16,17). The van der Waals surface area contributed by atoms with E-state index in [0.717, 1.165) is 5.69 Å². The van der Waals surface area contributed by atoms with Crippen LogP contribution >= 0.6 is 0 Å². The molecule has 0 amide bonds. The summed E-state index contributed by atoms with van der Waals surface area (Å²) in [6, 6.07) is 9.59. The summed E-state index contributed by atoms with van der Waals surface area (Å²) in [5.74, 6) is 1.15. The topological polar surface area (TPSA) is 60.2 Å². The monoisotopic (exact) mass is 243 g/mol. The summed E-state index contributed by atoms with van der Waals surface area (Å²) in [7, 11) is 1.58. The SMILES string of the molecule is COc1ccc(N)c(Nc2cccc(C)c2C)n1. The molecule has 0 radical (unpaired) electrons. The molecular formula is C14H17N3O. The summed E-state index contributed by atoms with van der Waals surface area (Å²) in [4.78, 5) is 4.30. The van der Waals surface area contributed by atoms with Gasteiger partial charge in [-0.2, -0.15) is 4.98 Å². The van der Waals surface area contributed by atoms with Crippen LogP contribution in [0.5, 0.6) is 5.88 Å². The third-order valence-electron chi connectivity index (χ3n) is 2.97. The van der Waals surface area contributed by atoms with Crippen LogP contribution in [0.15, 0.2) is 30.3 Å². The van der Waals surface area contributed by atoms with E-state index < -0.39 is 0 Å². The van der Waals surface area contributed by atoms with E-state index in [4.69, 9.17) is 10.5 Å². The lowest BCUT2D eigenvalue weighted by Crippen LogP contribution is -2.02. The summed E-state index contributed by atoms with van der Waals surface area (Å²) in [5.41, 5.74) is 9.90. The average Bonchev–Trinajstić information content (AvgIpc) is 2.37. The van der Waals surface area contributed by atoms with Crippen LogP contribution in [0.25, 0.3) is 0 Å². The quantitative estimate of drug-likeness (QED) is 0.869. The number of ether oxygens (including phenoxy) is 1. The number of rotatable bonds is 3.